The van der Waals surface area contributed by atoms with Gasteiger partial charge in [-0.05, 0) is 96.3 Å². The van der Waals surface area contributed by atoms with E-state index in [1.54, 1.807) is 0 Å². The van der Waals surface area contributed by atoms with Gasteiger partial charge in [-0.15, -0.1) is 0 Å². The number of allylic oxidation sites excluding steroid dienone is 18. The van der Waals surface area contributed by atoms with Crippen molar-refractivity contribution in [2.24, 2.45) is 0 Å². The smallest absolute Gasteiger partial charge is 0.306 e. The van der Waals surface area contributed by atoms with Crippen molar-refractivity contribution in [1.82, 2.24) is 0 Å². The van der Waals surface area contributed by atoms with Gasteiger partial charge in [0.25, 0.3) is 0 Å². The van der Waals surface area contributed by atoms with Crippen LogP contribution in [0, 0.1) is 0 Å². The maximum Gasteiger partial charge on any atom is 0.306 e. The lowest BCUT2D eigenvalue weighted by Gasteiger charge is -2.26. The zero-order chi connectivity index (χ0) is 67.5. The van der Waals surface area contributed by atoms with E-state index >= 15 is 0 Å². The highest BCUT2D eigenvalue weighted by molar-refractivity contribution is 5.70. The van der Waals surface area contributed by atoms with Crippen molar-refractivity contribution in [3.05, 3.63) is 109 Å². The summed E-state index contributed by atoms with van der Waals surface area (Å²) in [7, 11) is 5.94. The lowest BCUT2D eigenvalue weighted by Crippen LogP contribution is -2.44. The summed E-state index contributed by atoms with van der Waals surface area (Å²) in [5.41, 5.74) is 0. The van der Waals surface area contributed by atoms with Gasteiger partial charge in [0.1, 0.15) is 13.2 Å². The molecule has 0 spiro atoms. The topological polar surface area (TPSA) is 111 Å². The third kappa shape index (κ3) is 75.2. The van der Waals surface area contributed by atoms with Gasteiger partial charge in [0.2, 0.25) is 0 Å². The molecule has 0 radical (unpaired) electrons. The molecule has 0 amide bonds. The van der Waals surface area contributed by atoms with Crippen LogP contribution in [0.25, 0.3) is 0 Å². The first kappa shape index (κ1) is 89.0. The predicted octanol–water partition coefficient (Wildman–Crippen LogP) is 23.6. The van der Waals surface area contributed by atoms with E-state index in [1.165, 1.54) is 225 Å². The Bertz CT molecular complexity index is 1900. The lowest BCUT2D eigenvalue weighted by atomic mass is 10.0. The number of quaternary nitrogens is 1. The fourth-order valence-corrected chi connectivity index (χ4v) is 11.1. The lowest BCUT2D eigenvalue weighted by molar-refractivity contribution is -0.870. The van der Waals surface area contributed by atoms with Crippen molar-refractivity contribution in [3.63, 3.8) is 0 Å². The number of carboxylic acids is 1. The second-order valence-corrected chi connectivity index (χ2v) is 27.2. The molecule has 0 aromatic carbocycles. The van der Waals surface area contributed by atoms with Crippen molar-refractivity contribution in [2.45, 2.75) is 360 Å². The van der Waals surface area contributed by atoms with Gasteiger partial charge in [0.15, 0.2) is 12.4 Å². The van der Waals surface area contributed by atoms with Crippen molar-refractivity contribution >= 4 is 17.9 Å². The van der Waals surface area contributed by atoms with Crippen LogP contribution in [0.2, 0.25) is 0 Å². The summed E-state index contributed by atoms with van der Waals surface area (Å²) in [5, 5.41) is 11.9. The SMILES string of the molecule is CC/C=C\C/C=C\C/C=C\C/C=C\C/C=C\CCCCCCCCCCCCCCCCCCCCCCCC(=O)OC(COC(=O)CCCCCCCCCCCCCCCCCCCC/C=C\C/C=C\C/C=C\C/C=C\CC)COC(OCC[N+](C)(C)C)C(=O)[O-]. The third-order valence-corrected chi connectivity index (χ3v) is 17.0. The Kier molecular flexibility index (Phi) is 70.5. The maximum absolute atomic E-state index is 13.0. The quantitative estimate of drug-likeness (QED) is 0.0195. The molecule has 0 aliphatic carbocycles. The number of likely N-dealkylation sites (N-methyl/N-ethyl adjacent to an activating group) is 1. The average Bonchev–Trinajstić information content (AvgIpc) is 3.73. The van der Waals surface area contributed by atoms with E-state index in [0.717, 1.165) is 89.9 Å². The molecule has 9 heteroatoms. The molecule has 536 valence electrons. The molecule has 2 unspecified atom stereocenters. The van der Waals surface area contributed by atoms with Crippen LogP contribution in [0.1, 0.15) is 348 Å². The molecule has 0 heterocycles. The Labute approximate surface area is 575 Å². The molecule has 0 aliphatic rings. The van der Waals surface area contributed by atoms with Crippen molar-refractivity contribution < 1.29 is 42.9 Å². The molecule has 0 saturated heterocycles. The second-order valence-electron chi connectivity index (χ2n) is 27.2. The number of aliphatic carboxylic acids is 1. The molecule has 2 atom stereocenters. The van der Waals surface area contributed by atoms with Gasteiger partial charge < -0.3 is 33.3 Å². The van der Waals surface area contributed by atoms with Crippen LogP contribution in [0.15, 0.2) is 109 Å². The number of ether oxygens (including phenoxy) is 4. The highest BCUT2D eigenvalue weighted by Gasteiger charge is 2.22. The number of rotatable bonds is 72. The van der Waals surface area contributed by atoms with Crippen molar-refractivity contribution in [3.8, 4) is 0 Å². The summed E-state index contributed by atoms with van der Waals surface area (Å²) >= 11 is 0. The zero-order valence-corrected chi connectivity index (χ0v) is 61.4. The third-order valence-electron chi connectivity index (χ3n) is 17.0. The van der Waals surface area contributed by atoms with Crippen LogP contribution in [-0.2, 0) is 33.3 Å². The van der Waals surface area contributed by atoms with Crippen LogP contribution in [0.5, 0.6) is 0 Å². The van der Waals surface area contributed by atoms with Crippen LogP contribution in [0.4, 0.5) is 0 Å². The van der Waals surface area contributed by atoms with Gasteiger partial charge in [-0.2, -0.15) is 0 Å². The number of hydrogen-bond acceptors (Lipinski definition) is 8. The number of hydrogen-bond donors (Lipinski definition) is 0. The Balaban J connectivity index is 4.01. The van der Waals surface area contributed by atoms with Crippen LogP contribution in [0.3, 0.4) is 0 Å². The zero-order valence-electron chi connectivity index (χ0n) is 61.4. The Morgan fingerprint density at radius 2 is 0.581 bits per heavy atom. The van der Waals surface area contributed by atoms with Gasteiger partial charge in [-0.3, -0.25) is 9.59 Å². The molecule has 0 rings (SSSR count). The van der Waals surface area contributed by atoms with E-state index in [0.29, 0.717) is 23.9 Å². The molecule has 9 nitrogen and oxygen atoms in total. The Morgan fingerprint density at radius 3 is 0.860 bits per heavy atom. The molecule has 0 saturated carbocycles. The molecule has 0 fully saturated rings. The molecular formula is C84H147NO8. The van der Waals surface area contributed by atoms with E-state index in [9.17, 15) is 19.5 Å². The molecule has 0 N–H and O–H groups in total. The molecule has 93 heavy (non-hydrogen) atoms. The van der Waals surface area contributed by atoms with E-state index in [1.807, 2.05) is 21.1 Å². The molecule has 0 aromatic rings. The van der Waals surface area contributed by atoms with Gasteiger partial charge in [-0.25, -0.2) is 0 Å². The first-order valence-corrected chi connectivity index (χ1v) is 39.0. The van der Waals surface area contributed by atoms with Gasteiger partial charge in [0, 0.05) is 12.8 Å². The number of unbranched alkanes of at least 4 members (excludes halogenated alkanes) is 39. The molecule has 0 bridgehead atoms. The first-order valence-electron chi connectivity index (χ1n) is 39.0. The van der Waals surface area contributed by atoms with E-state index in [-0.39, 0.29) is 32.2 Å². The first-order chi connectivity index (χ1) is 45.6. The minimum atomic E-state index is -1.62. The van der Waals surface area contributed by atoms with E-state index in [2.05, 4.69) is 123 Å². The standard InChI is InChI=1S/C84H147NO8/c1-6-8-10-12-14-16-18-20-22-24-26-28-30-32-34-36-38-39-40-41-42-43-45-47-49-51-53-55-57-59-61-63-65-67-69-71-73-75-82(87)93-80(79-92-84(83(88)89)90-77-76-85(3,4)5)78-91-81(86)74-72-70-68-66-64-62-60-58-56-54-52-50-48-46-44-37-35-33-31-29-27-25-23-21-19-17-15-13-11-9-7-2/h8-11,14-17,20-23,26-29,32,34,80,84H,6-7,12-13,18-19,24-25,30-31,33,35-79H2,1-5H3/b10-8-,11-9-,16-14-,17-15-,22-20-,23-21-,28-26-,29-27-,34-32-. The molecule has 0 aliphatic heterocycles. The fourth-order valence-electron chi connectivity index (χ4n) is 11.1. The number of esters is 2. The van der Waals surface area contributed by atoms with E-state index in [4.69, 9.17) is 18.9 Å². The Morgan fingerprint density at radius 1 is 0.323 bits per heavy atom. The van der Waals surface area contributed by atoms with Gasteiger partial charge >= 0.3 is 11.9 Å². The monoisotopic (exact) mass is 1300 g/mol. The summed E-state index contributed by atoms with van der Waals surface area (Å²) in [6, 6.07) is 0. The van der Waals surface area contributed by atoms with E-state index < -0.39 is 24.3 Å². The summed E-state index contributed by atoms with van der Waals surface area (Å²) < 4.78 is 22.9. The molecule has 0 aromatic heterocycles. The normalized spacial score (nSPS) is 13.3. The summed E-state index contributed by atoms with van der Waals surface area (Å²) in [4.78, 5) is 37.6. The highest BCUT2D eigenvalue weighted by Crippen LogP contribution is 2.19. The van der Waals surface area contributed by atoms with Gasteiger partial charge in [0.05, 0.1) is 40.3 Å². The number of carbonyl (C=O) groups excluding carboxylic acids is 3. The largest absolute Gasteiger partial charge is 0.545 e. The van der Waals surface area contributed by atoms with Gasteiger partial charge in [-0.1, -0.05) is 348 Å². The number of nitrogens with zero attached hydrogens (tertiary/aromatic N) is 1. The minimum absolute atomic E-state index is 0.147. The number of carbonyl (C=O) groups is 3. The summed E-state index contributed by atoms with van der Waals surface area (Å²) in [6.45, 7) is 4.57. The van der Waals surface area contributed by atoms with Crippen LogP contribution >= 0.6 is 0 Å². The van der Waals surface area contributed by atoms with Crippen molar-refractivity contribution in [2.75, 3.05) is 47.5 Å². The Hall–Kier alpha value is -4.05. The minimum Gasteiger partial charge on any atom is -0.545 e. The molecular weight excluding hydrogens is 1150 g/mol. The van der Waals surface area contributed by atoms with Crippen molar-refractivity contribution in [1.29, 1.82) is 0 Å². The second kappa shape index (κ2) is 73.8. The average molecular weight is 1300 g/mol. The number of carboxylic acid groups (broad SMARTS) is 1. The maximum atomic E-state index is 13.0. The predicted molar refractivity (Wildman–Crippen MR) is 398 cm³/mol. The summed E-state index contributed by atoms with van der Waals surface area (Å²) in [6.07, 6.45) is 101. The van der Waals surface area contributed by atoms with Crippen LogP contribution in [-0.4, -0.2) is 82.3 Å². The fraction of sp³-hybridized carbons (Fsp3) is 0.750. The highest BCUT2D eigenvalue weighted by atomic mass is 16.7. The summed E-state index contributed by atoms with van der Waals surface area (Å²) in [5.74, 6) is -2.26. The van der Waals surface area contributed by atoms with Crippen LogP contribution < -0.4 is 5.11 Å².